The summed E-state index contributed by atoms with van der Waals surface area (Å²) in [5, 5.41) is 0. The number of hydrogen-bond acceptors (Lipinski definition) is 3. The van der Waals surface area contributed by atoms with E-state index in [1.54, 1.807) is 0 Å². The molecule has 0 N–H and O–H groups in total. The van der Waals surface area contributed by atoms with E-state index in [1.807, 2.05) is 0 Å². The number of piperazine rings is 1. The normalized spacial score (nSPS) is 20.2. The van der Waals surface area contributed by atoms with Crippen molar-refractivity contribution in [3.8, 4) is 0 Å². The first-order valence-corrected chi connectivity index (χ1v) is 9.01. The van der Waals surface area contributed by atoms with E-state index in [9.17, 15) is 0 Å². The highest BCUT2D eigenvalue weighted by Gasteiger charge is 2.39. The molecule has 0 spiro atoms. The zero-order valence-electron chi connectivity index (χ0n) is 15.3. The SMILES string of the molecule is CCOCC[N+]1(C)CC[N+](CCOCC)(CCOCC)CC1. The fourth-order valence-corrected chi connectivity index (χ4v) is 3.15. The molecular weight excluding hydrogens is 280 g/mol. The first kappa shape index (κ1) is 19.8. The van der Waals surface area contributed by atoms with E-state index >= 15 is 0 Å². The highest BCUT2D eigenvalue weighted by Crippen LogP contribution is 2.18. The van der Waals surface area contributed by atoms with Gasteiger partial charge in [-0.3, -0.25) is 0 Å². The van der Waals surface area contributed by atoms with Crippen LogP contribution in [-0.2, 0) is 14.2 Å². The largest absolute Gasteiger partial charge is 0.376 e. The molecule has 1 saturated heterocycles. The highest BCUT2D eigenvalue weighted by atomic mass is 16.5. The summed E-state index contributed by atoms with van der Waals surface area (Å²) in [7, 11) is 2.37. The van der Waals surface area contributed by atoms with Crippen LogP contribution in [0.15, 0.2) is 0 Å². The molecule has 0 saturated carbocycles. The van der Waals surface area contributed by atoms with Crippen molar-refractivity contribution in [2.75, 3.05) is 92.5 Å². The molecule has 1 aliphatic heterocycles. The number of quaternary nitrogens is 2. The lowest BCUT2D eigenvalue weighted by Crippen LogP contribution is -2.67. The van der Waals surface area contributed by atoms with Crippen molar-refractivity contribution in [2.45, 2.75) is 20.8 Å². The molecule has 0 aromatic carbocycles. The maximum atomic E-state index is 5.62. The fourth-order valence-electron chi connectivity index (χ4n) is 3.15. The molecule has 0 aromatic rings. The summed E-state index contributed by atoms with van der Waals surface area (Å²) in [6.45, 7) is 19.5. The smallest absolute Gasteiger partial charge is 0.129 e. The number of rotatable bonds is 12. The molecule has 0 aliphatic carbocycles. The molecule has 0 radical (unpaired) electrons. The van der Waals surface area contributed by atoms with Crippen LogP contribution < -0.4 is 0 Å². The Morgan fingerprint density at radius 3 is 1.45 bits per heavy atom. The Labute approximate surface area is 137 Å². The van der Waals surface area contributed by atoms with Crippen molar-refractivity contribution in [2.24, 2.45) is 0 Å². The lowest BCUT2D eigenvalue weighted by molar-refractivity contribution is -1.02. The second-order valence-corrected chi connectivity index (χ2v) is 6.62. The maximum Gasteiger partial charge on any atom is 0.129 e. The van der Waals surface area contributed by atoms with E-state index in [0.717, 1.165) is 68.2 Å². The zero-order valence-corrected chi connectivity index (χ0v) is 15.3. The highest BCUT2D eigenvalue weighted by molar-refractivity contribution is 4.54. The van der Waals surface area contributed by atoms with Gasteiger partial charge in [0.1, 0.15) is 45.8 Å². The molecule has 1 aliphatic rings. The molecule has 5 nitrogen and oxygen atoms in total. The standard InChI is InChI=1S/C17H38N2O3/c1-5-20-15-12-18(4)8-10-19(11-9-18,13-16-21-6-2)14-17-22-7-3/h5-17H2,1-4H3/q+2. The second-order valence-electron chi connectivity index (χ2n) is 6.62. The molecule has 1 heterocycles. The van der Waals surface area contributed by atoms with Gasteiger partial charge >= 0.3 is 0 Å². The third-order valence-corrected chi connectivity index (χ3v) is 5.04. The van der Waals surface area contributed by atoms with E-state index in [1.165, 1.54) is 26.2 Å². The quantitative estimate of drug-likeness (QED) is 0.402. The van der Waals surface area contributed by atoms with Crippen molar-refractivity contribution in [3.63, 3.8) is 0 Å². The average molecular weight is 319 g/mol. The van der Waals surface area contributed by atoms with Crippen LogP contribution >= 0.6 is 0 Å². The maximum absolute atomic E-state index is 5.62. The van der Waals surface area contributed by atoms with E-state index in [-0.39, 0.29) is 0 Å². The minimum Gasteiger partial charge on any atom is -0.376 e. The molecule has 0 atom stereocenters. The van der Waals surface area contributed by atoms with Gasteiger partial charge in [-0.2, -0.15) is 0 Å². The molecule has 132 valence electrons. The molecule has 0 amide bonds. The Bertz CT molecular complexity index is 267. The molecular formula is C17H38N2O3+2. The van der Waals surface area contributed by atoms with E-state index in [2.05, 4.69) is 27.8 Å². The summed E-state index contributed by atoms with van der Waals surface area (Å²) in [6, 6.07) is 0. The predicted octanol–water partition coefficient (Wildman–Crippen LogP) is 1.37. The summed E-state index contributed by atoms with van der Waals surface area (Å²) in [5.41, 5.74) is 0. The van der Waals surface area contributed by atoms with Crippen LogP contribution in [0.2, 0.25) is 0 Å². The van der Waals surface area contributed by atoms with Gasteiger partial charge in [-0.05, 0) is 20.8 Å². The fraction of sp³-hybridized carbons (Fsp3) is 1.00. The van der Waals surface area contributed by atoms with E-state index in [0.29, 0.717) is 0 Å². The predicted molar refractivity (Wildman–Crippen MR) is 90.0 cm³/mol. The topological polar surface area (TPSA) is 27.7 Å². The van der Waals surface area contributed by atoms with E-state index < -0.39 is 0 Å². The molecule has 22 heavy (non-hydrogen) atoms. The van der Waals surface area contributed by atoms with Gasteiger partial charge in [0, 0.05) is 19.8 Å². The Morgan fingerprint density at radius 2 is 1.05 bits per heavy atom. The lowest BCUT2D eigenvalue weighted by Gasteiger charge is -2.48. The molecule has 0 aromatic heterocycles. The minimum absolute atomic E-state index is 0.813. The van der Waals surface area contributed by atoms with Crippen molar-refractivity contribution in [1.82, 2.24) is 0 Å². The summed E-state index contributed by atoms with van der Waals surface area (Å²) in [6.07, 6.45) is 0. The van der Waals surface area contributed by atoms with Crippen LogP contribution in [0.1, 0.15) is 20.8 Å². The first-order chi connectivity index (χ1) is 10.6. The van der Waals surface area contributed by atoms with Gasteiger partial charge in [0.2, 0.25) is 0 Å². The molecule has 5 heteroatoms. The van der Waals surface area contributed by atoms with Gasteiger partial charge in [-0.1, -0.05) is 0 Å². The van der Waals surface area contributed by atoms with Crippen molar-refractivity contribution >= 4 is 0 Å². The molecule has 0 bridgehead atoms. The zero-order chi connectivity index (χ0) is 16.3. The summed E-state index contributed by atoms with van der Waals surface area (Å²) >= 11 is 0. The third-order valence-electron chi connectivity index (χ3n) is 5.04. The Morgan fingerprint density at radius 1 is 0.636 bits per heavy atom. The molecule has 0 unspecified atom stereocenters. The van der Waals surface area contributed by atoms with Gasteiger partial charge in [0.05, 0.1) is 26.9 Å². The van der Waals surface area contributed by atoms with Crippen LogP contribution in [-0.4, -0.2) is 101 Å². The van der Waals surface area contributed by atoms with Crippen molar-refractivity contribution in [3.05, 3.63) is 0 Å². The average Bonchev–Trinajstić information content (AvgIpc) is 2.51. The van der Waals surface area contributed by atoms with Crippen LogP contribution in [0, 0.1) is 0 Å². The molecule has 1 fully saturated rings. The van der Waals surface area contributed by atoms with Gasteiger partial charge in [0.15, 0.2) is 0 Å². The number of hydrogen-bond donors (Lipinski definition) is 0. The second kappa shape index (κ2) is 10.6. The third kappa shape index (κ3) is 6.92. The van der Waals surface area contributed by atoms with Gasteiger partial charge in [-0.25, -0.2) is 0 Å². The Balaban J connectivity index is 2.48. The lowest BCUT2D eigenvalue weighted by atomic mass is 10.2. The van der Waals surface area contributed by atoms with Crippen LogP contribution in [0.25, 0.3) is 0 Å². The van der Waals surface area contributed by atoms with Gasteiger partial charge < -0.3 is 23.2 Å². The minimum atomic E-state index is 0.813. The van der Waals surface area contributed by atoms with Crippen LogP contribution in [0.3, 0.4) is 0 Å². The number of nitrogens with zero attached hydrogens (tertiary/aromatic N) is 2. The monoisotopic (exact) mass is 318 g/mol. The van der Waals surface area contributed by atoms with Crippen molar-refractivity contribution in [1.29, 1.82) is 0 Å². The summed E-state index contributed by atoms with van der Waals surface area (Å²) in [5.74, 6) is 0. The van der Waals surface area contributed by atoms with Crippen LogP contribution in [0.4, 0.5) is 0 Å². The van der Waals surface area contributed by atoms with Crippen LogP contribution in [0.5, 0.6) is 0 Å². The number of ether oxygens (including phenoxy) is 3. The number of likely N-dealkylation sites (N-methyl/N-ethyl adjacent to an activating group) is 1. The Hall–Kier alpha value is -0.200. The van der Waals surface area contributed by atoms with Gasteiger partial charge in [-0.15, -0.1) is 0 Å². The molecule has 1 rings (SSSR count). The van der Waals surface area contributed by atoms with Gasteiger partial charge in [0.25, 0.3) is 0 Å². The van der Waals surface area contributed by atoms with Crippen molar-refractivity contribution < 1.29 is 23.2 Å². The summed E-state index contributed by atoms with van der Waals surface area (Å²) < 4.78 is 19.1. The Kier molecular flexibility index (Phi) is 9.52. The first-order valence-electron chi connectivity index (χ1n) is 9.01. The van der Waals surface area contributed by atoms with E-state index in [4.69, 9.17) is 14.2 Å². The summed E-state index contributed by atoms with van der Waals surface area (Å²) in [4.78, 5) is 0.